The zero-order valence-electron chi connectivity index (χ0n) is 11.3. The third kappa shape index (κ3) is 3.53. The van der Waals surface area contributed by atoms with E-state index in [1.54, 1.807) is 0 Å². The van der Waals surface area contributed by atoms with Crippen molar-refractivity contribution in [2.45, 2.75) is 38.1 Å². The van der Waals surface area contributed by atoms with Gasteiger partial charge >= 0.3 is 0 Å². The van der Waals surface area contributed by atoms with Crippen LogP contribution in [0.15, 0.2) is 24.3 Å². The molecule has 1 amide bonds. The molecule has 1 aromatic rings. The number of carbonyl (C=O) groups is 1. The average Bonchev–Trinajstić information content (AvgIpc) is 2.92. The van der Waals surface area contributed by atoms with Crippen LogP contribution in [0.1, 0.15) is 36.8 Å². The van der Waals surface area contributed by atoms with E-state index in [9.17, 15) is 4.79 Å². The quantitative estimate of drug-likeness (QED) is 0.858. The minimum atomic E-state index is 0.190. The smallest absolute Gasteiger partial charge is 0.226 e. The van der Waals surface area contributed by atoms with Crippen molar-refractivity contribution in [2.75, 3.05) is 7.05 Å². The van der Waals surface area contributed by atoms with Crippen LogP contribution in [0.4, 0.5) is 0 Å². The summed E-state index contributed by atoms with van der Waals surface area (Å²) in [5, 5.41) is 0. The van der Waals surface area contributed by atoms with Crippen LogP contribution in [0.3, 0.4) is 0 Å². The number of amides is 1. The van der Waals surface area contributed by atoms with Crippen molar-refractivity contribution < 1.29 is 4.79 Å². The van der Waals surface area contributed by atoms with Crippen molar-refractivity contribution in [2.24, 2.45) is 5.73 Å². The summed E-state index contributed by atoms with van der Waals surface area (Å²) >= 11 is 4.91. The van der Waals surface area contributed by atoms with Gasteiger partial charge in [0.15, 0.2) is 0 Å². The number of likely N-dealkylation sites (N-methyl/N-ethyl adjacent to an activating group) is 1. The van der Waals surface area contributed by atoms with Crippen LogP contribution in [0.5, 0.6) is 0 Å². The summed E-state index contributed by atoms with van der Waals surface area (Å²) in [6.07, 6.45) is 5.21. The van der Waals surface area contributed by atoms with Crippen LogP contribution in [-0.2, 0) is 11.2 Å². The highest BCUT2D eigenvalue weighted by Crippen LogP contribution is 2.22. The van der Waals surface area contributed by atoms with E-state index in [1.807, 2.05) is 36.2 Å². The van der Waals surface area contributed by atoms with Gasteiger partial charge in [-0.2, -0.15) is 0 Å². The standard InChI is InChI=1S/C15H20N2OS/c1-17(13-4-2-3-5-13)14(18)10-11-6-8-12(9-7-11)15(16)19/h6-9,13H,2-5,10H2,1H3,(H2,16,19). The van der Waals surface area contributed by atoms with Crippen molar-refractivity contribution in [3.63, 3.8) is 0 Å². The molecular weight excluding hydrogens is 256 g/mol. The summed E-state index contributed by atoms with van der Waals surface area (Å²) in [5.74, 6) is 0.190. The van der Waals surface area contributed by atoms with Gasteiger partial charge < -0.3 is 10.6 Å². The molecule has 102 valence electrons. The van der Waals surface area contributed by atoms with Gasteiger partial charge in [0.05, 0.1) is 6.42 Å². The Balaban J connectivity index is 1.96. The second-order valence-electron chi connectivity index (χ2n) is 5.18. The Morgan fingerprint density at radius 2 is 1.89 bits per heavy atom. The van der Waals surface area contributed by atoms with Gasteiger partial charge in [0.2, 0.25) is 5.91 Å². The number of hydrogen-bond donors (Lipinski definition) is 1. The molecule has 0 unspecified atom stereocenters. The second kappa shape index (κ2) is 6.15. The lowest BCUT2D eigenvalue weighted by Gasteiger charge is -2.24. The van der Waals surface area contributed by atoms with Crippen molar-refractivity contribution in [3.05, 3.63) is 35.4 Å². The van der Waals surface area contributed by atoms with Gasteiger partial charge in [-0.15, -0.1) is 0 Å². The number of carbonyl (C=O) groups excluding carboxylic acids is 1. The van der Waals surface area contributed by atoms with E-state index in [4.69, 9.17) is 18.0 Å². The molecule has 4 heteroatoms. The molecule has 0 atom stereocenters. The first-order valence-corrected chi connectivity index (χ1v) is 7.13. The zero-order valence-corrected chi connectivity index (χ0v) is 12.1. The molecular formula is C15H20N2OS. The topological polar surface area (TPSA) is 46.3 Å². The number of thiocarbonyl (C=S) groups is 1. The third-order valence-corrected chi connectivity index (χ3v) is 4.10. The van der Waals surface area contributed by atoms with Gasteiger partial charge in [0, 0.05) is 18.7 Å². The molecule has 0 spiro atoms. The highest BCUT2D eigenvalue weighted by atomic mass is 32.1. The predicted octanol–water partition coefficient (Wildman–Crippen LogP) is 2.26. The summed E-state index contributed by atoms with van der Waals surface area (Å²) in [5.41, 5.74) is 7.40. The molecule has 3 nitrogen and oxygen atoms in total. The van der Waals surface area contributed by atoms with Crippen LogP contribution >= 0.6 is 12.2 Å². The minimum absolute atomic E-state index is 0.190. The highest BCUT2D eigenvalue weighted by molar-refractivity contribution is 7.80. The molecule has 0 aliphatic heterocycles. The Labute approximate surface area is 119 Å². The molecule has 19 heavy (non-hydrogen) atoms. The minimum Gasteiger partial charge on any atom is -0.389 e. The van der Waals surface area contributed by atoms with E-state index in [-0.39, 0.29) is 5.91 Å². The fourth-order valence-corrected chi connectivity index (χ4v) is 2.72. The molecule has 1 fully saturated rings. The van der Waals surface area contributed by atoms with Crippen LogP contribution < -0.4 is 5.73 Å². The fraction of sp³-hybridized carbons (Fsp3) is 0.467. The number of hydrogen-bond acceptors (Lipinski definition) is 2. The molecule has 0 heterocycles. The molecule has 1 aliphatic rings. The Morgan fingerprint density at radius 3 is 2.42 bits per heavy atom. The lowest BCUT2D eigenvalue weighted by molar-refractivity contribution is -0.131. The lowest BCUT2D eigenvalue weighted by atomic mass is 10.1. The number of nitrogens with two attached hydrogens (primary N) is 1. The van der Waals surface area contributed by atoms with Crippen molar-refractivity contribution >= 4 is 23.1 Å². The van der Waals surface area contributed by atoms with Crippen LogP contribution in [-0.4, -0.2) is 28.9 Å². The first kappa shape index (κ1) is 14.0. The molecule has 1 saturated carbocycles. The predicted molar refractivity (Wildman–Crippen MR) is 81.1 cm³/mol. The van der Waals surface area contributed by atoms with Gasteiger partial charge in [-0.05, 0) is 18.4 Å². The largest absolute Gasteiger partial charge is 0.389 e. The number of nitrogens with zero attached hydrogens (tertiary/aromatic N) is 1. The van der Waals surface area contributed by atoms with Gasteiger partial charge in [0.25, 0.3) is 0 Å². The van der Waals surface area contributed by atoms with E-state index < -0.39 is 0 Å². The van der Waals surface area contributed by atoms with Crippen molar-refractivity contribution in [1.29, 1.82) is 0 Å². The van der Waals surface area contributed by atoms with Crippen LogP contribution in [0, 0.1) is 0 Å². The number of rotatable bonds is 4. The second-order valence-corrected chi connectivity index (χ2v) is 5.62. The Morgan fingerprint density at radius 1 is 1.32 bits per heavy atom. The van der Waals surface area contributed by atoms with Crippen LogP contribution in [0.2, 0.25) is 0 Å². The molecule has 2 rings (SSSR count). The maximum atomic E-state index is 12.2. The van der Waals surface area contributed by atoms with Gasteiger partial charge in [0.1, 0.15) is 4.99 Å². The first-order valence-electron chi connectivity index (χ1n) is 6.72. The Bertz CT molecular complexity index is 464. The van der Waals surface area contributed by atoms with Gasteiger partial charge in [-0.3, -0.25) is 4.79 Å². The maximum absolute atomic E-state index is 12.2. The van der Waals surface area contributed by atoms with E-state index in [0.29, 0.717) is 17.5 Å². The van der Waals surface area contributed by atoms with E-state index in [0.717, 1.165) is 24.0 Å². The molecule has 1 aliphatic carbocycles. The SMILES string of the molecule is CN(C(=O)Cc1ccc(C(N)=S)cc1)C1CCCC1. The Hall–Kier alpha value is -1.42. The summed E-state index contributed by atoms with van der Waals surface area (Å²) < 4.78 is 0. The molecule has 2 N–H and O–H groups in total. The van der Waals surface area contributed by atoms with Crippen molar-refractivity contribution in [1.82, 2.24) is 4.90 Å². The summed E-state index contributed by atoms with van der Waals surface area (Å²) in [4.78, 5) is 14.5. The van der Waals surface area contributed by atoms with E-state index in [2.05, 4.69) is 0 Å². The molecule has 0 radical (unpaired) electrons. The summed E-state index contributed by atoms with van der Waals surface area (Å²) in [6.45, 7) is 0. The van der Waals surface area contributed by atoms with Gasteiger partial charge in [-0.1, -0.05) is 49.3 Å². The molecule has 1 aromatic carbocycles. The molecule has 0 saturated heterocycles. The van der Waals surface area contributed by atoms with Crippen LogP contribution in [0.25, 0.3) is 0 Å². The number of benzene rings is 1. The lowest BCUT2D eigenvalue weighted by Crippen LogP contribution is -2.36. The average molecular weight is 276 g/mol. The van der Waals surface area contributed by atoms with Crippen molar-refractivity contribution in [3.8, 4) is 0 Å². The fourth-order valence-electron chi connectivity index (χ4n) is 2.58. The van der Waals surface area contributed by atoms with E-state index >= 15 is 0 Å². The molecule has 0 bridgehead atoms. The summed E-state index contributed by atoms with van der Waals surface area (Å²) in [7, 11) is 1.92. The monoisotopic (exact) mass is 276 g/mol. The first-order chi connectivity index (χ1) is 9.08. The maximum Gasteiger partial charge on any atom is 0.226 e. The zero-order chi connectivity index (χ0) is 13.8. The highest BCUT2D eigenvalue weighted by Gasteiger charge is 2.23. The summed E-state index contributed by atoms with van der Waals surface area (Å²) in [6, 6.07) is 8.04. The van der Waals surface area contributed by atoms with Gasteiger partial charge in [-0.25, -0.2) is 0 Å². The molecule has 0 aromatic heterocycles. The normalized spacial score (nSPS) is 15.4. The third-order valence-electron chi connectivity index (χ3n) is 3.86. The Kier molecular flexibility index (Phi) is 4.53. The van der Waals surface area contributed by atoms with E-state index in [1.165, 1.54) is 12.8 Å².